The van der Waals surface area contributed by atoms with Gasteiger partial charge in [-0.05, 0) is 30.0 Å². The molecule has 1 aromatic heterocycles. The highest BCUT2D eigenvalue weighted by atomic mass is 16.2. The zero-order valence-electron chi connectivity index (χ0n) is 19.1. The standard InChI is InChI=1S/C26H29N5O2/c1-3-13-30-14-15-31(24(32)22-17-28-26(27)29-18(22)2)23(25(30)33)16-20-11-7-8-12-21(20)19-9-5-4-6-10-19/h4-12,17,23H,3,13-16H2,1-2H3,(H2,27,28,29). The zero-order chi connectivity index (χ0) is 23.4. The summed E-state index contributed by atoms with van der Waals surface area (Å²) in [5.41, 5.74) is 9.75. The van der Waals surface area contributed by atoms with Crippen LogP contribution in [-0.4, -0.2) is 57.3 Å². The number of rotatable bonds is 6. The fraction of sp³-hybridized carbons (Fsp3) is 0.308. The first-order valence-electron chi connectivity index (χ1n) is 11.3. The number of hydrogen-bond donors (Lipinski definition) is 1. The van der Waals surface area contributed by atoms with Crippen molar-refractivity contribution in [2.24, 2.45) is 0 Å². The van der Waals surface area contributed by atoms with Crippen molar-refractivity contribution >= 4 is 17.8 Å². The van der Waals surface area contributed by atoms with Gasteiger partial charge in [0.15, 0.2) is 0 Å². The van der Waals surface area contributed by atoms with Crippen molar-refractivity contribution in [3.63, 3.8) is 0 Å². The van der Waals surface area contributed by atoms with Gasteiger partial charge in [0.05, 0.1) is 11.3 Å². The molecule has 0 aliphatic carbocycles. The Bertz CT molecular complexity index is 1150. The average Bonchev–Trinajstić information content (AvgIpc) is 2.82. The monoisotopic (exact) mass is 443 g/mol. The minimum Gasteiger partial charge on any atom is -0.368 e. The van der Waals surface area contributed by atoms with Crippen molar-refractivity contribution in [3.05, 3.63) is 77.6 Å². The number of hydrogen-bond acceptors (Lipinski definition) is 5. The molecule has 7 nitrogen and oxygen atoms in total. The molecular formula is C26H29N5O2. The number of piperazine rings is 1. The molecule has 1 atom stereocenters. The number of benzene rings is 2. The molecule has 1 fully saturated rings. The molecule has 1 unspecified atom stereocenters. The second kappa shape index (κ2) is 9.81. The summed E-state index contributed by atoms with van der Waals surface area (Å²) in [6.07, 6.45) is 2.76. The lowest BCUT2D eigenvalue weighted by Gasteiger charge is -2.41. The van der Waals surface area contributed by atoms with Crippen LogP contribution >= 0.6 is 0 Å². The first-order chi connectivity index (χ1) is 16.0. The lowest BCUT2D eigenvalue weighted by Crippen LogP contribution is -2.59. The van der Waals surface area contributed by atoms with Crippen LogP contribution in [0.3, 0.4) is 0 Å². The van der Waals surface area contributed by atoms with Crippen LogP contribution in [0.25, 0.3) is 11.1 Å². The van der Waals surface area contributed by atoms with Crippen LogP contribution in [0.4, 0.5) is 5.95 Å². The minimum atomic E-state index is -0.598. The molecule has 0 spiro atoms. The number of anilines is 1. The van der Waals surface area contributed by atoms with Crippen LogP contribution in [0.2, 0.25) is 0 Å². The van der Waals surface area contributed by atoms with Gasteiger partial charge in [-0.2, -0.15) is 0 Å². The number of nitrogens with zero attached hydrogens (tertiary/aromatic N) is 4. The first kappa shape index (κ1) is 22.5. The summed E-state index contributed by atoms with van der Waals surface area (Å²) in [7, 11) is 0. The van der Waals surface area contributed by atoms with E-state index in [0.717, 1.165) is 23.1 Å². The van der Waals surface area contributed by atoms with E-state index in [1.165, 1.54) is 6.20 Å². The Morgan fingerprint density at radius 1 is 1.09 bits per heavy atom. The second-order valence-electron chi connectivity index (χ2n) is 8.29. The highest BCUT2D eigenvalue weighted by Crippen LogP contribution is 2.27. The Labute approximate surface area is 194 Å². The van der Waals surface area contributed by atoms with Gasteiger partial charge >= 0.3 is 0 Å². The average molecular weight is 444 g/mol. The summed E-state index contributed by atoms with van der Waals surface area (Å²) in [5.74, 6) is -0.131. The molecule has 0 bridgehead atoms. The van der Waals surface area contributed by atoms with Crippen LogP contribution in [-0.2, 0) is 11.2 Å². The van der Waals surface area contributed by atoms with Gasteiger partial charge in [-0.3, -0.25) is 9.59 Å². The maximum absolute atomic E-state index is 13.5. The summed E-state index contributed by atoms with van der Waals surface area (Å²) in [4.78, 5) is 38.8. The van der Waals surface area contributed by atoms with Crippen molar-refractivity contribution in [2.75, 3.05) is 25.4 Å². The molecule has 7 heteroatoms. The van der Waals surface area contributed by atoms with Crippen LogP contribution in [0.1, 0.15) is 35.0 Å². The maximum atomic E-state index is 13.5. The third-order valence-corrected chi connectivity index (χ3v) is 6.08. The minimum absolute atomic E-state index is 0.0201. The smallest absolute Gasteiger partial charge is 0.258 e. The Morgan fingerprint density at radius 3 is 2.55 bits per heavy atom. The van der Waals surface area contributed by atoms with Crippen molar-refractivity contribution in [1.82, 2.24) is 19.8 Å². The number of nitrogen functional groups attached to an aromatic ring is 1. The summed E-state index contributed by atoms with van der Waals surface area (Å²) in [6.45, 7) is 5.46. The van der Waals surface area contributed by atoms with Gasteiger partial charge in [0.2, 0.25) is 11.9 Å². The first-order valence-corrected chi connectivity index (χ1v) is 11.3. The van der Waals surface area contributed by atoms with Crippen molar-refractivity contribution in [2.45, 2.75) is 32.7 Å². The Kier molecular flexibility index (Phi) is 6.68. The van der Waals surface area contributed by atoms with E-state index in [-0.39, 0.29) is 17.8 Å². The molecule has 2 heterocycles. The summed E-state index contributed by atoms with van der Waals surface area (Å²) in [5, 5.41) is 0. The van der Waals surface area contributed by atoms with Gasteiger partial charge in [-0.15, -0.1) is 0 Å². The number of amides is 2. The van der Waals surface area contributed by atoms with E-state index in [1.54, 1.807) is 11.8 Å². The quantitative estimate of drug-likeness (QED) is 0.631. The van der Waals surface area contributed by atoms with Crippen molar-refractivity contribution in [3.8, 4) is 11.1 Å². The van der Waals surface area contributed by atoms with Gasteiger partial charge in [0.1, 0.15) is 6.04 Å². The van der Waals surface area contributed by atoms with Gasteiger partial charge in [0.25, 0.3) is 5.91 Å². The molecule has 33 heavy (non-hydrogen) atoms. The van der Waals surface area contributed by atoms with E-state index >= 15 is 0 Å². The van der Waals surface area contributed by atoms with E-state index in [2.05, 4.69) is 35.1 Å². The predicted octanol–water partition coefficient (Wildman–Crippen LogP) is 3.34. The fourth-order valence-corrected chi connectivity index (χ4v) is 4.43. The highest BCUT2D eigenvalue weighted by molar-refractivity contribution is 5.99. The molecule has 0 saturated carbocycles. The Morgan fingerprint density at radius 2 is 1.82 bits per heavy atom. The Hall–Kier alpha value is -3.74. The molecule has 1 saturated heterocycles. The summed E-state index contributed by atoms with van der Waals surface area (Å²) >= 11 is 0. The highest BCUT2D eigenvalue weighted by Gasteiger charge is 2.38. The molecular weight excluding hydrogens is 414 g/mol. The lowest BCUT2D eigenvalue weighted by molar-refractivity contribution is -0.140. The number of carbonyl (C=O) groups is 2. The molecule has 1 aliphatic heterocycles. The molecule has 2 N–H and O–H groups in total. The number of nitrogens with two attached hydrogens (primary N) is 1. The van der Waals surface area contributed by atoms with E-state index in [4.69, 9.17) is 5.73 Å². The number of aromatic nitrogens is 2. The van der Waals surface area contributed by atoms with Crippen LogP contribution in [0, 0.1) is 6.92 Å². The largest absolute Gasteiger partial charge is 0.368 e. The maximum Gasteiger partial charge on any atom is 0.258 e. The zero-order valence-corrected chi connectivity index (χ0v) is 19.1. The third kappa shape index (κ3) is 4.72. The van der Waals surface area contributed by atoms with Crippen molar-refractivity contribution < 1.29 is 9.59 Å². The topological polar surface area (TPSA) is 92.4 Å². The normalized spacial score (nSPS) is 16.2. The van der Waals surface area contributed by atoms with Crippen LogP contribution in [0.5, 0.6) is 0 Å². The van der Waals surface area contributed by atoms with E-state index in [0.29, 0.717) is 37.3 Å². The van der Waals surface area contributed by atoms with Gasteiger partial charge in [-0.1, -0.05) is 61.5 Å². The molecule has 0 radical (unpaired) electrons. The van der Waals surface area contributed by atoms with E-state index in [1.807, 2.05) is 41.3 Å². The summed E-state index contributed by atoms with van der Waals surface area (Å²) in [6, 6.07) is 17.6. The SMILES string of the molecule is CCCN1CCN(C(=O)c2cnc(N)nc2C)C(Cc2ccccc2-c2ccccc2)C1=O. The van der Waals surface area contributed by atoms with Crippen molar-refractivity contribution in [1.29, 1.82) is 0 Å². The second-order valence-corrected chi connectivity index (χ2v) is 8.29. The molecule has 4 rings (SSSR count). The Balaban J connectivity index is 1.70. The molecule has 2 aromatic carbocycles. The predicted molar refractivity (Wildman–Crippen MR) is 128 cm³/mol. The fourth-order valence-electron chi connectivity index (χ4n) is 4.43. The summed E-state index contributed by atoms with van der Waals surface area (Å²) < 4.78 is 0. The van der Waals surface area contributed by atoms with E-state index < -0.39 is 6.04 Å². The van der Waals surface area contributed by atoms with Crippen LogP contribution in [0.15, 0.2) is 60.8 Å². The number of carbonyl (C=O) groups excluding carboxylic acids is 2. The number of aryl methyl sites for hydroxylation is 1. The van der Waals surface area contributed by atoms with Gasteiger partial charge < -0.3 is 15.5 Å². The van der Waals surface area contributed by atoms with Crippen LogP contribution < -0.4 is 5.73 Å². The van der Waals surface area contributed by atoms with E-state index in [9.17, 15) is 9.59 Å². The van der Waals surface area contributed by atoms with Gasteiger partial charge in [0, 0.05) is 32.3 Å². The molecule has 1 aliphatic rings. The molecule has 170 valence electrons. The lowest BCUT2D eigenvalue weighted by atomic mass is 9.93. The van der Waals surface area contributed by atoms with Gasteiger partial charge in [-0.25, -0.2) is 9.97 Å². The molecule has 2 amide bonds. The molecule has 3 aromatic rings. The third-order valence-electron chi connectivity index (χ3n) is 6.08.